The number of para-hydroxylation sites is 1. The minimum atomic E-state index is -4.67. The normalized spacial score (nSPS) is 11.3. The van der Waals surface area contributed by atoms with E-state index >= 15 is 0 Å². The number of nitrogens with one attached hydrogen (secondary N) is 1. The number of benzene rings is 1. The molecule has 5 nitrogen and oxygen atoms in total. The van der Waals surface area contributed by atoms with Crippen LogP contribution in [0.2, 0.25) is 0 Å². The molecule has 1 amide bonds. The van der Waals surface area contributed by atoms with Crippen LogP contribution in [0.3, 0.4) is 0 Å². The fraction of sp³-hybridized carbons (Fsp3) is 0.286. The fourth-order valence-corrected chi connectivity index (χ4v) is 1.81. The van der Waals surface area contributed by atoms with Crippen LogP contribution in [-0.4, -0.2) is 28.8 Å². The molecule has 0 spiro atoms. The van der Waals surface area contributed by atoms with Gasteiger partial charge in [-0.3, -0.25) is 9.48 Å². The van der Waals surface area contributed by atoms with Crippen LogP contribution in [0.25, 0.3) is 0 Å². The second-order valence-corrected chi connectivity index (χ2v) is 4.48. The van der Waals surface area contributed by atoms with E-state index in [-0.39, 0.29) is 13.2 Å². The second kappa shape index (κ2) is 6.50. The van der Waals surface area contributed by atoms with E-state index in [1.807, 2.05) is 6.07 Å². The molecule has 8 heteroatoms. The van der Waals surface area contributed by atoms with Gasteiger partial charge < -0.3 is 10.1 Å². The first-order valence-corrected chi connectivity index (χ1v) is 6.45. The minimum Gasteiger partial charge on any atom is -0.492 e. The summed E-state index contributed by atoms with van der Waals surface area (Å²) < 4.78 is 44.5. The number of rotatable bonds is 5. The van der Waals surface area contributed by atoms with Crippen molar-refractivity contribution in [2.75, 3.05) is 13.2 Å². The maximum Gasteiger partial charge on any atom is 0.435 e. The molecular weight excluding hydrogens is 299 g/mol. The molecule has 0 aliphatic heterocycles. The summed E-state index contributed by atoms with van der Waals surface area (Å²) >= 11 is 0. The van der Waals surface area contributed by atoms with Crippen LogP contribution in [-0.2, 0) is 13.2 Å². The summed E-state index contributed by atoms with van der Waals surface area (Å²) in [4.78, 5) is 11.8. The number of amides is 1. The van der Waals surface area contributed by atoms with Crippen LogP contribution >= 0.6 is 0 Å². The van der Waals surface area contributed by atoms with Gasteiger partial charge in [0.2, 0.25) is 0 Å². The number of aromatic nitrogens is 2. The lowest BCUT2D eigenvalue weighted by molar-refractivity contribution is -0.141. The van der Waals surface area contributed by atoms with Crippen LogP contribution < -0.4 is 10.1 Å². The number of ether oxygens (including phenoxy) is 1. The van der Waals surface area contributed by atoms with Gasteiger partial charge in [0.1, 0.15) is 12.4 Å². The molecule has 118 valence electrons. The molecule has 0 saturated heterocycles. The summed E-state index contributed by atoms with van der Waals surface area (Å²) in [6.07, 6.45) is -3.63. The zero-order chi connectivity index (χ0) is 16.2. The van der Waals surface area contributed by atoms with E-state index in [0.29, 0.717) is 5.75 Å². The SMILES string of the molecule is Cn1cc(C(=O)NCCOc2ccccc2)c(C(F)(F)F)n1. The molecule has 22 heavy (non-hydrogen) atoms. The Bertz CT molecular complexity index is 639. The Hall–Kier alpha value is -2.51. The molecule has 0 bridgehead atoms. The molecule has 1 heterocycles. The zero-order valence-electron chi connectivity index (χ0n) is 11.7. The molecule has 0 saturated carbocycles. The quantitative estimate of drug-likeness (QED) is 0.861. The lowest BCUT2D eigenvalue weighted by atomic mass is 10.2. The van der Waals surface area contributed by atoms with E-state index in [0.717, 1.165) is 10.9 Å². The topological polar surface area (TPSA) is 56.2 Å². The first-order chi connectivity index (χ1) is 10.4. The Morgan fingerprint density at radius 1 is 1.32 bits per heavy atom. The van der Waals surface area contributed by atoms with Crippen LogP contribution in [0.4, 0.5) is 13.2 Å². The van der Waals surface area contributed by atoms with Gasteiger partial charge in [-0.25, -0.2) is 0 Å². The van der Waals surface area contributed by atoms with Crippen molar-refractivity contribution in [3.63, 3.8) is 0 Å². The van der Waals surface area contributed by atoms with E-state index in [9.17, 15) is 18.0 Å². The van der Waals surface area contributed by atoms with Crippen LogP contribution in [0.1, 0.15) is 16.1 Å². The molecule has 2 rings (SSSR count). The number of alkyl halides is 3. The lowest BCUT2D eigenvalue weighted by Crippen LogP contribution is -2.29. The van der Waals surface area contributed by atoms with Crippen molar-refractivity contribution in [1.82, 2.24) is 15.1 Å². The summed E-state index contributed by atoms with van der Waals surface area (Å²) in [6, 6.07) is 8.89. The monoisotopic (exact) mass is 313 g/mol. The first-order valence-electron chi connectivity index (χ1n) is 6.45. The third-order valence-corrected chi connectivity index (χ3v) is 2.74. The average Bonchev–Trinajstić information content (AvgIpc) is 2.87. The highest BCUT2D eigenvalue weighted by Crippen LogP contribution is 2.30. The standard InChI is InChI=1S/C14H14F3N3O2/c1-20-9-11(12(19-20)14(15,16)17)13(21)18-7-8-22-10-5-3-2-4-6-10/h2-6,9H,7-8H2,1H3,(H,18,21). The number of carbonyl (C=O) groups is 1. The smallest absolute Gasteiger partial charge is 0.435 e. The summed E-state index contributed by atoms with van der Waals surface area (Å²) in [5, 5.41) is 5.66. The maximum atomic E-state index is 12.8. The highest BCUT2D eigenvalue weighted by molar-refractivity contribution is 5.95. The molecule has 1 aromatic carbocycles. The number of carbonyl (C=O) groups excluding carboxylic acids is 1. The van der Waals surface area contributed by atoms with Crippen LogP contribution in [0, 0.1) is 0 Å². The van der Waals surface area contributed by atoms with Gasteiger partial charge in [-0.15, -0.1) is 0 Å². The molecule has 0 unspecified atom stereocenters. The number of aryl methyl sites for hydroxylation is 1. The Kier molecular flexibility index (Phi) is 4.69. The maximum absolute atomic E-state index is 12.8. The number of halogens is 3. The van der Waals surface area contributed by atoms with E-state index in [1.165, 1.54) is 7.05 Å². The van der Waals surface area contributed by atoms with Gasteiger partial charge in [0.05, 0.1) is 12.1 Å². The first kappa shape index (κ1) is 15.9. The van der Waals surface area contributed by atoms with Gasteiger partial charge in [-0.2, -0.15) is 18.3 Å². The molecule has 0 atom stereocenters. The molecule has 0 aliphatic rings. The van der Waals surface area contributed by atoms with Crippen molar-refractivity contribution in [2.24, 2.45) is 7.05 Å². The van der Waals surface area contributed by atoms with E-state index < -0.39 is 23.3 Å². The third kappa shape index (κ3) is 4.00. The molecule has 0 fully saturated rings. The van der Waals surface area contributed by atoms with Gasteiger partial charge in [0, 0.05) is 13.2 Å². The summed E-state index contributed by atoms with van der Waals surface area (Å²) in [7, 11) is 1.32. The van der Waals surface area contributed by atoms with Gasteiger partial charge >= 0.3 is 6.18 Å². The van der Waals surface area contributed by atoms with Gasteiger partial charge in [0.25, 0.3) is 5.91 Å². The molecule has 1 aromatic heterocycles. The van der Waals surface area contributed by atoms with Crippen molar-refractivity contribution in [1.29, 1.82) is 0 Å². The molecule has 1 N–H and O–H groups in total. The fourth-order valence-electron chi connectivity index (χ4n) is 1.81. The second-order valence-electron chi connectivity index (χ2n) is 4.48. The predicted molar refractivity (Wildman–Crippen MR) is 72.5 cm³/mol. The average molecular weight is 313 g/mol. The summed E-state index contributed by atoms with van der Waals surface area (Å²) in [5.41, 5.74) is -1.70. The van der Waals surface area contributed by atoms with Crippen molar-refractivity contribution in [3.05, 3.63) is 47.8 Å². The Morgan fingerprint density at radius 3 is 2.64 bits per heavy atom. The Balaban J connectivity index is 1.90. The van der Waals surface area contributed by atoms with E-state index in [1.54, 1.807) is 24.3 Å². The molecular formula is C14H14F3N3O2. The largest absolute Gasteiger partial charge is 0.492 e. The zero-order valence-corrected chi connectivity index (χ0v) is 11.7. The molecule has 2 aromatic rings. The summed E-state index contributed by atoms with van der Waals surface area (Å²) in [5.74, 6) is -0.216. The van der Waals surface area contributed by atoms with Crippen molar-refractivity contribution < 1.29 is 22.7 Å². The third-order valence-electron chi connectivity index (χ3n) is 2.74. The van der Waals surface area contributed by atoms with Crippen LogP contribution in [0.5, 0.6) is 5.75 Å². The van der Waals surface area contributed by atoms with Crippen LogP contribution in [0.15, 0.2) is 36.5 Å². The summed E-state index contributed by atoms with van der Waals surface area (Å²) in [6.45, 7) is 0.233. The molecule has 0 aliphatic carbocycles. The van der Waals surface area contributed by atoms with E-state index in [2.05, 4.69) is 10.4 Å². The molecule has 0 radical (unpaired) electrons. The van der Waals surface area contributed by atoms with Gasteiger partial charge in [-0.05, 0) is 12.1 Å². The number of nitrogens with zero attached hydrogens (tertiary/aromatic N) is 2. The highest BCUT2D eigenvalue weighted by atomic mass is 19.4. The lowest BCUT2D eigenvalue weighted by Gasteiger charge is -2.08. The van der Waals surface area contributed by atoms with Gasteiger partial charge in [0.15, 0.2) is 5.69 Å². The Labute approximate surface area is 124 Å². The number of hydrogen-bond acceptors (Lipinski definition) is 3. The Morgan fingerprint density at radius 2 is 2.00 bits per heavy atom. The van der Waals surface area contributed by atoms with E-state index in [4.69, 9.17) is 4.74 Å². The van der Waals surface area contributed by atoms with Crippen molar-refractivity contribution in [2.45, 2.75) is 6.18 Å². The number of hydrogen-bond donors (Lipinski definition) is 1. The van der Waals surface area contributed by atoms with Crippen molar-refractivity contribution in [3.8, 4) is 5.75 Å². The minimum absolute atomic E-state index is 0.0833. The van der Waals surface area contributed by atoms with Crippen molar-refractivity contribution >= 4 is 5.91 Å². The predicted octanol–water partition coefficient (Wildman–Crippen LogP) is 2.25. The van der Waals surface area contributed by atoms with Gasteiger partial charge in [-0.1, -0.05) is 18.2 Å². The highest BCUT2D eigenvalue weighted by Gasteiger charge is 2.38.